The second kappa shape index (κ2) is 3.52. The summed E-state index contributed by atoms with van der Waals surface area (Å²) in [6, 6.07) is 0.758. The lowest BCUT2D eigenvalue weighted by atomic mass is 10.2. The van der Waals surface area contributed by atoms with Crippen LogP contribution in [0, 0.1) is 25.4 Å². The van der Waals surface area contributed by atoms with E-state index in [1.54, 1.807) is 0 Å². The van der Waals surface area contributed by atoms with Gasteiger partial charge < -0.3 is 5.21 Å². The lowest BCUT2D eigenvalue weighted by Gasteiger charge is -1.95. The largest absolute Gasteiger partial charge is 0.359 e. The summed E-state index contributed by atoms with van der Waals surface area (Å²) >= 11 is 5.51. The van der Waals surface area contributed by atoms with Crippen molar-refractivity contribution in [3.05, 3.63) is 36.5 Å². The Hall–Kier alpha value is -2.49. The van der Waals surface area contributed by atoms with Crippen LogP contribution < -0.4 is 4.90 Å². The maximum atomic E-state index is 11.0. The van der Waals surface area contributed by atoms with Crippen LogP contribution in [0.15, 0.2) is 10.7 Å². The Morgan fingerprint density at radius 1 is 1.35 bits per heavy atom. The molecule has 88 valence electrons. The quantitative estimate of drug-likeness (QED) is 0.444. The van der Waals surface area contributed by atoms with Crippen LogP contribution in [0.3, 0.4) is 0 Å². The first kappa shape index (κ1) is 11.0. The highest BCUT2D eigenvalue weighted by atomic mass is 35.5. The monoisotopic (exact) mass is 260 g/mol. The molecule has 0 bridgehead atoms. The molecule has 0 aliphatic rings. The van der Waals surface area contributed by atoms with Crippen molar-refractivity contribution in [3.8, 4) is 0 Å². The van der Waals surface area contributed by atoms with E-state index in [0.717, 1.165) is 6.07 Å². The molecule has 2 aromatic rings. The summed E-state index contributed by atoms with van der Waals surface area (Å²) in [4.78, 5) is 19.2. The molecule has 0 unspecified atom stereocenters. The molecule has 2 rings (SSSR count). The van der Waals surface area contributed by atoms with Gasteiger partial charge >= 0.3 is 11.2 Å². The Morgan fingerprint density at radius 3 is 2.53 bits per heavy atom. The zero-order valence-electron chi connectivity index (χ0n) is 7.69. The van der Waals surface area contributed by atoms with Gasteiger partial charge in [0.1, 0.15) is 0 Å². The number of nitro benzene ring substituents is 2. The Morgan fingerprint density at radius 2 is 2.00 bits per heavy atom. The second-order valence-electron chi connectivity index (χ2n) is 2.87. The standard InChI is InChI=1S/C6HClN4O6/c7-4-2(9(12)13)1-3-5(6(4)10(14)15)8-17-11(3)16/h1H. The smallest absolute Gasteiger partial charge is 0.352 e. The first-order chi connectivity index (χ1) is 7.93. The van der Waals surface area contributed by atoms with Crippen molar-refractivity contribution < 1.29 is 19.4 Å². The molecule has 0 spiro atoms. The van der Waals surface area contributed by atoms with Gasteiger partial charge in [0.15, 0.2) is 0 Å². The summed E-state index contributed by atoms with van der Waals surface area (Å²) in [7, 11) is 0. The molecular formula is C6HClN4O6. The van der Waals surface area contributed by atoms with Crippen LogP contribution in [0.5, 0.6) is 0 Å². The maximum Gasteiger partial charge on any atom is 0.352 e. The normalized spacial score (nSPS) is 10.6. The zero-order chi connectivity index (χ0) is 12.7. The fraction of sp³-hybridized carbons (Fsp3) is 0. The Kier molecular flexibility index (Phi) is 2.28. The second-order valence-corrected chi connectivity index (χ2v) is 3.25. The third-order valence-electron chi connectivity index (χ3n) is 1.96. The molecule has 0 saturated heterocycles. The summed E-state index contributed by atoms with van der Waals surface area (Å²) in [6.07, 6.45) is 0. The van der Waals surface area contributed by atoms with Gasteiger partial charge in [-0.3, -0.25) is 24.9 Å². The molecule has 10 nitrogen and oxygen atoms in total. The number of nitrogens with zero attached hydrogens (tertiary/aromatic N) is 4. The molecule has 0 radical (unpaired) electrons. The van der Waals surface area contributed by atoms with E-state index in [0.29, 0.717) is 0 Å². The average molecular weight is 261 g/mol. The summed E-state index contributed by atoms with van der Waals surface area (Å²) in [6.45, 7) is 0. The van der Waals surface area contributed by atoms with Gasteiger partial charge in [-0.2, -0.15) is 0 Å². The van der Waals surface area contributed by atoms with Crippen molar-refractivity contribution in [2.75, 3.05) is 0 Å². The highest BCUT2D eigenvalue weighted by Crippen LogP contribution is 2.38. The predicted octanol–water partition coefficient (Wildman–Crippen LogP) is 0.931. The fourth-order valence-electron chi connectivity index (χ4n) is 1.26. The number of hydrogen-bond donors (Lipinski definition) is 0. The first-order valence-electron chi connectivity index (χ1n) is 3.94. The van der Waals surface area contributed by atoms with Crippen molar-refractivity contribution in [2.24, 2.45) is 0 Å². The van der Waals surface area contributed by atoms with Gasteiger partial charge in [-0.15, -0.1) is 0 Å². The highest BCUT2D eigenvalue weighted by molar-refractivity contribution is 6.36. The van der Waals surface area contributed by atoms with Crippen LogP contribution in [-0.4, -0.2) is 15.0 Å². The zero-order valence-corrected chi connectivity index (χ0v) is 8.45. The minimum atomic E-state index is -0.972. The van der Waals surface area contributed by atoms with Crippen molar-refractivity contribution in [2.45, 2.75) is 0 Å². The van der Waals surface area contributed by atoms with Gasteiger partial charge in [0, 0.05) is 0 Å². The molecule has 17 heavy (non-hydrogen) atoms. The Bertz CT molecular complexity index is 651. The number of aromatic nitrogens is 2. The molecule has 11 heteroatoms. The Labute approximate surface area is 95.8 Å². The molecule has 1 heterocycles. The van der Waals surface area contributed by atoms with E-state index in [4.69, 9.17) is 11.6 Å². The minimum Gasteiger partial charge on any atom is -0.359 e. The van der Waals surface area contributed by atoms with Gasteiger partial charge in [-0.05, 0) is 4.90 Å². The van der Waals surface area contributed by atoms with Crippen molar-refractivity contribution in [1.29, 1.82) is 0 Å². The molecule has 0 N–H and O–H groups in total. The summed E-state index contributed by atoms with van der Waals surface area (Å²) in [5, 5.41) is 34.8. The number of hydrogen-bond acceptors (Lipinski definition) is 7. The summed E-state index contributed by atoms with van der Waals surface area (Å²) in [5.41, 5.74) is -2.48. The van der Waals surface area contributed by atoms with Crippen LogP contribution in [0.4, 0.5) is 11.4 Å². The Balaban J connectivity index is 2.97. The van der Waals surface area contributed by atoms with Crippen LogP contribution >= 0.6 is 11.6 Å². The number of halogens is 1. The van der Waals surface area contributed by atoms with Crippen LogP contribution in [0.25, 0.3) is 11.0 Å². The number of fused-ring (bicyclic) bond motifs is 1. The van der Waals surface area contributed by atoms with E-state index >= 15 is 0 Å². The average Bonchev–Trinajstić information content (AvgIpc) is 2.58. The molecule has 0 fully saturated rings. The molecule has 0 aliphatic carbocycles. The van der Waals surface area contributed by atoms with Crippen LogP contribution in [0.2, 0.25) is 5.02 Å². The third kappa shape index (κ3) is 1.50. The molecule has 0 saturated carbocycles. The van der Waals surface area contributed by atoms with Crippen molar-refractivity contribution in [1.82, 2.24) is 5.16 Å². The molecular weight excluding hydrogens is 260 g/mol. The lowest BCUT2D eigenvalue weighted by molar-refractivity contribution is -0.782. The fourth-order valence-corrected chi connectivity index (χ4v) is 1.54. The number of benzene rings is 1. The van der Waals surface area contributed by atoms with E-state index in [1.165, 1.54) is 0 Å². The third-order valence-corrected chi connectivity index (χ3v) is 2.33. The van der Waals surface area contributed by atoms with E-state index in [2.05, 4.69) is 9.79 Å². The number of rotatable bonds is 2. The number of nitro groups is 2. The van der Waals surface area contributed by atoms with E-state index < -0.39 is 37.3 Å². The van der Waals surface area contributed by atoms with Crippen molar-refractivity contribution >= 4 is 34.0 Å². The molecule has 0 amide bonds. The molecule has 0 aliphatic heterocycles. The molecule has 0 atom stereocenters. The lowest BCUT2D eigenvalue weighted by Crippen LogP contribution is -2.22. The maximum absolute atomic E-state index is 11.0. The topological polar surface area (TPSA) is 139 Å². The van der Waals surface area contributed by atoms with Crippen LogP contribution in [-0.2, 0) is 0 Å². The minimum absolute atomic E-state index is 0.175. The van der Waals surface area contributed by atoms with Crippen LogP contribution in [0.1, 0.15) is 0 Å². The molecule has 1 aromatic carbocycles. The van der Waals surface area contributed by atoms with Gasteiger partial charge in [0.25, 0.3) is 5.69 Å². The molecule has 1 aromatic heterocycles. The first-order valence-corrected chi connectivity index (χ1v) is 4.32. The van der Waals surface area contributed by atoms with Gasteiger partial charge in [0.2, 0.25) is 10.5 Å². The van der Waals surface area contributed by atoms with Gasteiger partial charge in [-0.25, -0.2) is 0 Å². The van der Waals surface area contributed by atoms with E-state index in [-0.39, 0.29) is 4.90 Å². The SMILES string of the molecule is O=[N+]([O-])c1cc2c(no[n+]2[O-])c([N+](=O)[O-])c1Cl. The van der Waals surface area contributed by atoms with Gasteiger partial charge in [-0.1, -0.05) is 11.6 Å². The predicted molar refractivity (Wildman–Crippen MR) is 51.3 cm³/mol. The van der Waals surface area contributed by atoms with E-state index in [1.807, 2.05) is 0 Å². The van der Waals surface area contributed by atoms with Crippen molar-refractivity contribution in [3.63, 3.8) is 0 Å². The summed E-state index contributed by atoms with van der Waals surface area (Å²) < 4.78 is 4.12. The highest BCUT2D eigenvalue weighted by Gasteiger charge is 2.34. The summed E-state index contributed by atoms with van der Waals surface area (Å²) in [5.74, 6) is 0. The van der Waals surface area contributed by atoms with E-state index in [9.17, 15) is 25.4 Å². The van der Waals surface area contributed by atoms with Gasteiger partial charge in [0.05, 0.1) is 21.1 Å².